The molecule has 2 bridgehead atoms. The van der Waals surface area contributed by atoms with Crippen molar-refractivity contribution in [3.8, 4) is 35.5 Å². The zero-order valence-electron chi connectivity index (χ0n) is 25.7. The first-order valence-electron chi connectivity index (χ1n) is 16.2. The van der Waals surface area contributed by atoms with Gasteiger partial charge in [0.1, 0.15) is 40.9 Å². The summed E-state index contributed by atoms with van der Waals surface area (Å²) in [6, 6.07) is 8.84. The number of hydrogen-bond acceptors (Lipinski definition) is 8. The molecule has 5 atom stereocenters. The molecule has 4 saturated heterocycles. The van der Waals surface area contributed by atoms with Crippen LogP contribution >= 0.6 is 0 Å². The van der Waals surface area contributed by atoms with E-state index in [-0.39, 0.29) is 52.4 Å². The van der Waals surface area contributed by atoms with E-state index in [0.717, 1.165) is 45.2 Å². The molecule has 2 aromatic carbocycles. The molecule has 8 nitrogen and oxygen atoms in total. The predicted octanol–water partition coefficient (Wildman–Crippen LogP) is 5.37. The van der Waals surface area contributed by atoms with Gasteiger partial charge in [0.25, 0.3) is 0 Å². The second kappa shape index (κ2) is 10.1. The lowest BCUT2D eigenvalue weighted by molar-refractivity contribution is 0.108. The normalized spacial score (nSPS) is 28.2. The average molecular weight is 621 g/mol. The molecule has 0 spiro atoms. The highest BCUT2D eigenvalue weighted by molar-refractivity contribution is 6.03. The number of pyridine rings is 1. The van der Waals surface area contributed by atoms with E-state index in [1.165, 1.54) is 11.6 Å². The zero-order valence-corrected chi connectivity index (χ0v) is 25.7. The predicted molar refractivity (Wildman–Crippen MR) is 172 cm³/mol. The molecule has 7 heterocycles. The molecule has 0 aliphatic carbocycles. The molecule has 4 fully saturated rings. The van der Waals surface area contributed by atoms with Crippen LogP contribution in [0.4, 0.5) is 14.6 Å². The molecule has 234 valence electrons. The van der Waals surface area contributed by atoms with Crippen molar-refractivity contribution in [3.05, 3.63) is 59.7 Å². The van der Waals surface area contributed by atoms with Gasteiger partial charge in [-0.3, -0.25) is 4.90 Å². The van der Waals surface area contributed by atoms with Gasteiger partial charge in [-0.15, -0.1) is 6.42 Å². The van der Waals surface area contributed by atoms with Crippen LogP contribution in [0.25, 0.3) is 32.9 Å². The van der Waals surface area contributed by atoms with Crippen LogP contribution in [0.1, 0.15) is 44.6 Å². The minimum atomic E-state index is -0.658. The Bertz CT molecular complexity index is 2010. The summed E-state index contributed by atoms with van der Waals surface area (Å²) in [6.45, 7) is 9.24. The third-order valence-corrected chi connectivity index (χ3v) is 10.8. The summed E-state index contributed by atoms with van der Waals surface area (Å²) in [5.41, 5.74) is 1.52. The number of piperazine rings is 1. The fourth-order valence-electron chi connectivity index (χ4n) is 8.87. The van der Waals surface area contributed by atoms with E-state index >= 15 is 4.39 Å². The number of rotatable bonds is 4. The van der Waals surface area contributed by atoms with Crippen molar-refractivity contribution >= 4 is 27.5 Å². The summed E-state index contributed by atoms with van der Waals surface area (Å²) < 4.78 is 45.1. The van der Waals surface area contributed by atoms with Gasteiger partial charge in [0.15, 0.2) is 5.82 Å². The maximum absolute atomic E-state index is 17.1. The van der Waals surface area contributed by atoms with Crippen molar-refractivity contribution in [2.24, 2.45) is 0 Å². The number of ether oxygens (including phenoxy) is 2. The molecule has 5 aliphatic heterocycles. The summed E-state index contributed by atoms with van der Waals surface area (Å²) in [5.74, 6) is 2.07. The second-order valence-electron chi connectivity index (χ2n) is 13.6. The number of halogens is 2. The van der Waals surface area contributed by atoms with Crippen LogP contribution in [0.15, 0.2) is 42.5 Å². The summed E-state index contributed by atoms with van der Waals surface area (Å²) in [5, 5.41) is 5.25. The Kier molecular flexibility index (Phi) is 6.12. The van der Waals surface area contributed by atoms with Gasteiger partial charge in [-0.2, -0.15) is 9.97 Å². The van der Waals surface area contributed by atoms with E-state index in [1.807, 2.05) is 13.0 Å². The minimum absolute atomic E-state index is 0.00910. The third-order valence-electron chi connectivity index (χ3n) is 10.8. The fourth-order valence-corrected chi connectivity index (χ4v) is 8.87. The molecule has 5 aliphatic rings. The highest BCUT2D eigenvalue weighted by Gasteiger charge is 2.48. The highest BCUT2D eigenvalue weighted by Crippen LogP contribution is 2.46. The maximum atomic E-state index is 17.1. The van der Waals surface area contributed by atoms with Gasteiger partial charge in [-0.25, -0.2) is 13.8 Å². The SMILES string of the molecule is C#Cc1c(F)ccc2cccc(-c3nc4c5c(nc(OC[C@]67CCCN6CC(=C)C7)nc5c3F)N3C[C@H]5CC[C@H](N5)[C@H]3[C@H](C)O4)c12. The first-order chi connectivity index (χ1) is 22.3. The minimum Gasteiger partial charge on any atom is -0.472 e. The average Bonchev–Trinajstić information content (AvgIpc) is 3.69. The summed E-state index contributed by atoms with van der Waals surface area (Å²) in [4.78, 5) is 19.2. The number of terminal acetylenes is 1. The molecular formula is C36H34F2N6O2. The van der Waals surface area contributed by atoms with Gasteiger partial charge in [-0.05, 0) is 57.0 Å². The van der Waals surface area contributed by atoms with Crippen LogP contribution in [0.5, 0.6) is 11.9 Å². The lowest BCUT2D eigenvalue weighted by Crippen LogP contribution is -2.62. The second-order valence-corrected chi connectivity index (χ2v) is 13.6. The van der Waals surface area contributed by atoms with Crippen molar-refractivity contribution in [1.29, 1.82) is 0 Å². The van der Waals surface area contributed by atoms with Gasteiger partial charge in [0.2, 0.25) is 5.88 Å². The number of anilines is 1. The Balaban J connectivity index is 1.25. The molecule has 0 saturated carbocycles. The van der Waals surface area contributed by atoms with Crippen LogP contribution in [-0.2, 0) is 0 Å². The van der Waals surface area contributed by atoms with Gasteiger partial charge in [0.05, 0.1) is 17.1 Å². The van der Waals surface area contributed by atoms with Gasteiger partial charge >= 0.3 is 6.01 Å². The topological polar surface area (TPSA) is 75.6 Å². The Morgan fingerprint density at radius 3 is 2.93 bits per heavy atom. The third kappa shape index (κ3) is 4.01. The van der Waals surface area contributed by atoms with Crippen molar-refractivity contribution in [2.75, 3.05) is 31.1 Å². The smallest absolute Gasteiger partial charge is 0.319 e. The molecule has 4 aromatic rings. The monoisotopic (exact) mass is 620 g/mol. The molecule has 9 rings (SSSR count). The first kappa shape index (κ1) is 27.9. The van der Waals surface area contributed by atoms with Crippen LogP contribution in [0.2, 0.25) is 0 Å². The Labute approximate surface area is 265 Å². The number of benzene rings is 2. The highest BCUT2D eigenvalue weighted by atomic mass is 19.1. The van der Waals surface area contributed by atoms with E-state index < -0.39 is 11.6 Å². The van der Waals surface area contributed by atoms with Crippen molar-refractivity contribution in [3.63, 3.8) is 0 Å². The Morgan fingerprint density at radius 2 is 2.07 bits per heavy atom. The summed E-state index contributed by atoms with van der Waals surface area (Å²) in [7, 11) is 0. The summed E-state index contributed by atoms with van der Waals surface area (Å²) >= 11 is 0. The molecule has 46 heavy (non-hydrogen) atoms. The van der Waals surface area contributed by atoms with Gasteiger partial charge in [-0.1, -0.05) is 42.3 Å². The molecular weight excluding hydrogens is 586 g/mol. The fraction of sp³-hybridized carbons (Fsp3) is 0.417. The molecule has 0 radical (unpaired) electrons. The maximum Gasteiger partial charge on any atom is 0.319 e. The molecule has 1 N–H and O–H groups in total. The number of nitrogens with zero attached hydrogens (tertiary/aromatic N) is 5. The van der Waals surface area contributed by atoms with Crippen LogP contribution in [-0.4, -0.2) is 75.9 Å². The number of hydrogen-bond donors (Lipinski definition) is 1. The van der Waals surface area contributed by atoms with Gasteiger partial charge < -0.3 is 19.7 Å². The number of fused-ring (bicyclic) bond motifs is 7. The lowest BCUT2D eigenvalue weighted by atomic mass is 9.94. The van der Waals surface area contributed by atoms with E-state index in [2.05, 4.69) is 27.6 Å². The van der Waals surface area contributed by atoms with Crippen molar-refractivity contribution in [2.45, 2.75) is 68.8 Å². The standard InChI is InChI=1S/C36H34F2N6O2/c1-4-23-25(37)11-9-21-7-5-8-24(27(21)23)30-29(38)31-28-33(42-35(41-31)45-18-36-13-6-14-43(36)16-19(2)15-36)44-17-22-10-12-26(39-22)32(44)20(3)46-34(28)40-30/h1,5,7-9,11,20,22,26,32,39H,2,6,10,12-18H2,3H3/t20-,22+,26-,32+,36+/m0/s1. The van der Waals surface area contributed by atoms with Crippen LogP contribution in [0, 0.1) is 24.0 Å². The first-order valence-corrected chi connectivity index (χ1v) is 16.2. The zero-order chi connectivity index (χ0) is 31.3. The Hall–Kier alpha value is -4.33. The quantitative estimate of drug-likeness (QED) is 0.241. The van der Waals surface area contributed by atoms with Crippen molar-refractivity contribution < 1.29 is 18.3 Å². The molecule has 2 aromatic heterocycles. The van der Waals surface area contributed by atoms with Crippen molar-refractivity contribution in [1.82, 2.24) is 25.2 Å². The number of nitrogens with one attached hydrogen (secondary N) is 1. The molecule has 0 unspecified atom stereocenters. The van der Waals surface area contributed by atoms with E-state index in [4.69, 9.17) is 30.8 Å². The van der Waals surface area contributed by atoms with Crippen LogP contribution < -0.4 is 19.7 Å². The van der Waals surface area contributed by atoms with Crippen LogP contribution in [0.3, 0.4) is 0 Å². The largest absolute Gasteiger partial charge is 0.472 e. The lowest BCUT2D eigenvalue weighted by Gasteiger charge is -2.42. The molecule has 10 heteroatoms. The van der Waals surface area contributed by atoms with E-state index in [9.17, 15) is 4.39 Å². The Morgan fingerprint density at radius 1 is 1.17 bits per heavy atom. The van der Waals surface area contributed by atoms with E-state index in [1.54, 1.807) is 18.2 Å². The number of aromatic nitrogens is 3. The molecule has 0 amide bonds. The van der Waals surface area contributed by atoms with E-state index in [0.29, 0.717) is 46.7 Å². The van der Waals surface area contributed by atoms with Gasteiger partial charge in [0, 0.05) is 36.1 Å². The summed E-state index contributed by atoms with van der Waals surface area (Å²) in [6.07, 6.45) is 10.5.